The fourth-order valence-electron chi connectivity index (χ4n) is 4.29. The van der Waals surface area contributed by atoms with Crippen molar-refractivity contribution in [1.29, 1.82) is 0 Å². The number of nitrogens with zero attached hydrogens (tertiary/aromatic N) is 1. The van der Waals surface area contributed by atoms with Crippen LogP contribution in [-0.2, 0) is 19.5 Å². The highest BCUT2D eigenvalue weighted by molar-refractivity contribution is 5.95. The van der Waals surface area contributed by atoms with Gasteiger partial charge in [0.15, 0.2) is 0 Å². The van der Waals surface area contributed by atoms with Crippen LogP contribution < -0.4 is 15.4 Å². The van der Waals surface area contributed by atoms with Crippen molar-refractivity contribution in [3.8, 4) is 5.75 Å². The maximum atomic E-state index is 12.6. The lowest BCUT2D eigenvalue weighted by Gasteiger charge is -2.16. The van der Waals surface area contributed by atoms with Crippen LogP contribution in [0.1, 0.15) is 27.0 Å². The number of carbonyl (C=O) groups excluding carboxylic acids is 2. The van der Waals surface area contributed by atoms with E-state index in [-0.39, 0.29) is 11.9 Å². The molecule has 172 valence electrons. The largest absolute Gasteiger partial charge is 0.497 e. The van der Waals surface area contributed by atoms with E-state index in [9.17, 15) is 9.59 Å². The van der Waals surface area contributed by atoms with Crippen molar-refractivity contribution in [2.24, 2.45) is 0 Å². The van der Waals surface area contributed by atoms with Crippen LogP contribution in [0, 0.1) is 0 Å². The van der Waals surface area contributed by atoms with E-state index in [1.54, 1.807) is 36.3 Å². The number of ether oxygens (including phenoxy) is 1. The van der Waals surface area contributed by atoms with Crippen LogP contribution in [0.3, 0.4) is 0 Å². The van der Waals surface area contributed by atoms with Crippen LogP contribution in [0.2, 0.25) is 0 Å². The summed E-state index contributed by atoms with van der Waals surface area (Å²) in [6, 6.07) is 20.8. The van der Waals surface area contributed by atoms with Gasteiger partial charge in [-0.15, -0.1) is 0 Å². The highest BCUT2D eigenvalue weighted by Crippen LogP contribution is 2.24. The van der Waals surface area contributed by atoms with E-state index in [4.69, 9.17) is 4.74 Å². The summed E-state index contributed by atoms with van der Waals surface area (Å²) in [4.78, 5) is 30.2. The molecule has 2 heterocycles. The molecule has 7 nitrogen and oxygen atoms in total. The summed E-state index contributed by atoms with van der Waals surface area (Å²) in [6.45, 7) is 1.72. The summed E-state index contributed by atoms with van der Waals surface area (Å²) < 4.78 is 5.31. The van der Waals surface area contributed by atoms with Gasteiger partial charge >= 0.3 is 6.03 Å². The van der Waals surface area contributed by atoms with E-state index < -0.39 is 0 Å². The molecule has 4 aromatic rings. The van der Waals surface area contributed by atoms with Crippen LogP contribution >= 0.6 is 0 Å². The molecule has 0 aliphatic carbocycles. The number of methoxy groups -OCH3 is 1. The second-order valence-electron chi connectivity index (χ2n) is 8.36. The number of benzene rings is 3. The molecule has 3 amide bonds. The number of aromatic nitrogens is 1. The Morgan fingerprint density at radius 1 is 1.00 bits per heavy atom. The molecule has 34 heavy (non-hydrogen) atoms. The molecule has 1 aliphatic rings. The minimum atomic E-state index is -0.149. The number of hydrogen-bond acceptors (Lipinski definition) is 3. The van der Waals surface area contributed by atoms with Gasteiger partial charge in [-0.05, 0) is 65.6 Å². The molecule has 0 unspecified atom stereocenters. The SMILES string of the molecule is COc1ccc2[nH]cc(CCNC(=O)c3ccc(NC(=O)N4Cc5ccccc5C4)cc3)c2c1. The summed E-state index contributed by atoms with van der Waals surface area (Å²) in [5, 5.41) is 6.97. The van der Waals surface area contributed by atoms with E-state index in [2.05, 4.69) is 15.6 Å². The molecule has 0 radical (unpaired) electrons. The number of fused-ring (bicyclic) bond motifs is 2. The van der Waals surface area contributed by atoms with Gasteiger partial charge in [-0.3, -0.25) is 4.79 Å². The van der Waals surface area contributed by atoms with Crippen molar-refractivity contribution < 1.29 is 14.3 Å². The van der Waals surface area contributed by atoms with Gasteiger partial charge in [-0.1, -0.05) is 24.3 Å². The lowest BCUT2D eigenvalue weighted by molar-refractivity contribution is 0.0954. The number of amides is 3. The summed E-state index contributed by atoms with van der Waals surface area (Å²) in [6.07, 6.45) is 2.66. The van der Waals surface area contributed by atoms with Crippen LogP contribution in [-0.4, -0.2) is 35.5 Å². The van der Waals surface area contributed by atoms with E-state index in [0.29, 0.717) is 37.3 Å². The lowest BCUT2D eigenvalue weighted by atomic mass is 10.1. The maximum absolute atomic E-state index is 12.6. The molecular formula is C27H26N4O3. The molecule has 0 saturated heterocycles. The first-order valence-corrected chi connectivity index (χ1v) is 11.3. The van der Waals surface area contributed by atoms with E-state index >= 15 is 0 Å². The smallest absolute Gasteiger partial charge is 0.322 e. The Kier molecular flexibility index (Phi) is 5.91. The summed E-state index contributed by atoms with van der Waals surface area (Å²) >= 11 is 0. The topological polar surface area (TPSA) is 86.5 Å². The summed E-state index contributed by atoms with van der Waals surface area (Å²) in [7, 11) is 1.65. The molecular weight excluding hydrogens is 428 g/mol. The van der Waals surface area contributed by atoms with Gasteiger partial charge in [0, 0.05) is 48.0 Å². The number of nitrogens with one attached hydrogen (secondary N) is 3. The number of carbonyl (C=O) groups is 2. The molecule has 0 bridgehead atoms. The fourth-order valence-corrected chi connectivity index (χ4v) is 4.29. The zero-order valence-electron chi connectivity index (χ0n) is 18.9. The van der Waals surface area contributed by atoms with E-state index in [1.165, 1.54) is 11.1 Å². The minimum Gasteiger partial charge on any atom is -0.497 e. The highest BCUT2D eigenvalue weighted by Gasteiger charge is 2.22. The number of H-pyrrole nitrogens is 1. The predicted octanol–water partition coefficient (Wildman–Crippen LogP) is 4.70. The molecule has 5 rings (SSSR count). The molecule has 0 atom stereocenters. The Labute approximate surface area is 197 Å². The van der Waals surface area contributed by atoms with E-state index in [1.807, 2.05) is 48.7 Å². The molecule has 0 spiro atoms. The third-order valence-corrected chi connectivity index (χ3v) is 6.18. The molecule has 0 saturated carbocycles. The van der Waals surface area contributed by atoms with Gasteiger partial charge in [0.25, 0.3) is 5.91 Å². The number of anilines is 1. The average molecular weight is 455 g/mol. The Bertz CT molecular complexity index is 1320. The summed E-state index contributed by atoms with van der Waals surface area (Å²) in [5.74, 6) is 0.657. The van der Waals surface area contributed by atoms with Gasteiger partial charge < -0.3 is 25.3 Å². The van der Waals surface area contributed by atoms with Gasteiger partial charge in [0.1, 0.15) is 5.75 Å². The quantitative estimate of drug-likeness (QED) is 0.395. The van der Waals surface area contributed by atoms with Crippen molar-refractivity contribution in [3.63, 3.8) is 0 Å². The monoisotopic (exact) mass is 454 g/mol. The number of rotatable bonds is 6. The number of hydrogen-bond donors (Lipinski definition) is 3. The minimum absolute atomic E-state index is 0.148. The van der Waals surface area contributed by atoms with Crippen molar-refractivity contribution in [2.45, 2.75) is 19.5 Å². The van der Waals surface area contributed by atoms with Crippen LogP contribution in [0.4, 0.5) is 10.5 Å². The standard InChI is InChI=1S/C27H26N4O3/c1-34-23-10-11-25-24(14-23)19(15-29-25)12-13-28-26(32)18-6-8-22(9-7-18)30-27(33)31-16-20-4-2-3-5-21(20)17-31/h2-11,14-15,29H,12-13,16-17H2,1H3,(H,28,32)(H,30,33). The molecule has 0 fully saturated rings. The molecule has 1 aromatic heterocycles. The zero-order chi connectivity index (χ0) is 23.5. The van der Waals surface area contributed by atoms with Gasteiger partial charge in [0.2, 0.25) is 0 Å². The first kappa shape index (κ1) is 21.6. The second-order valence-corrected chi connectivity index (χ2v) is 8.36. The molecule has 7 heteroatoms. The van der Waals surface area contributed by atoms with Crippen molar-refractivity contribution in [2.75, 3.05) is 19.0 Å². The zero-order valence-corrected chi connectivity index (χ0v) is 18.9. The van der Waals surface area contributed by atoms with Crippen molar-refractivity contribution >= 4 is 28.5 Å². The van der Waals surface area contributed by atoms with Crippen LogP contribution in [0.5, 0.6) is 5.75 Å². The Hall–Kier alpha value is -4.26. The van der Waals surface area contributed by atoms with Crippen molar-refractivity contribution in [3.05, 3.63) is 95.2 Å². The molecule has 3 N–H and O–H groups in total. The average Bonchev–Trinajstić information content (AvgIpc) is 3.48. The summed E-state index contributed by atoms with van der Waals surface area (Å²) in [5.41, 5.74) is 5.72. The first-order chi connectivity index (χ1) is 16.6. The van der Waals surface area contributed by atoms with Gasteiger partial charge in [0.05, 0.1) is 7.11 Å². The maximum Gasteiger partial charge on any atom is 0.322 e. The van der Waals surface area contributed by atoms with Crippen molar-refractivity contribution in [1.82, 2.24) is 15.2 Å². The van der Waals surface area contributed by atoms with Crippen LogP contribution in [0.25, 0.3) is 10.9 Å². The van der Waals surface area contributed by atoms with Gasteiger partial charge in [-0.2, -0.15) is 0 Å². The second kappa shape index (κ2) is 9.31. The fraction of sp³-hybridized carbons (Fsp3) is 0.185. The lowest BCUT2D eigenvalue weighted by Crippen LogP contribution is -2.30. The third-order valence-electron chi connectivity index (χ3n) is 6.18. The number of aromatic amines is 1. The number of urea groups is 1. The van der Waals surface area contributed by atoms with Gasteiger partial charge in [-0.25, -0.2) is 4.79 Å². The Balaban J connectivity index is 1.13. The predicted molar refractivity (Wildman–Crippen MR) is 132 cm³/mol. The normalized spacial score (nSPS) is 12.4. The molecule has 1 aliphatic heterocycles. The Morgan fingerprint density at radius 2 is 1.74 bits per heavy atom. The highest BCUT2D eigenvalue weighted by atomic mass is 16.5. The third kappa shape index (κ3) is 4.45. The molecule has 3 aromatic carbocycles. The first-order valence-electron chi connectivity index (χ1n) is 11.3. The van der Waals surface area contributed by atoms with E-state index in [0.717, 1.165) is 22.2 Å². The van der Waals surface area contributed by atoms with Crippen LogP contribution in [0.15, 0.2) is 72.9 Å². The Morgan fingerprint density at radius 3 is 2.44 bits per heavy atom.